The fourth-order valence-corrected chi connectivity index (χ4v) is 2.91. The summed E-state index contributed by atoms with van der Waals surface area (Å²) in [4.78, 5) is 12.4. The molecule has 0 saturated heterocycles. The second-order valence-corrected chi connectivity index (χ2v) is 5.00. The van der Waals surface area contributed by atoms with E-state index in [0.29, 0.717) is 17.9 Å². The molecule has 4 heteroatoms. The lowest BCUT2D eigenvalue weighted by molar-refractivity contribution is -0.122. The quantitative estimate of drug-likeness (QED) is 0.906. The van der Waals surface area contributed by atoms with Gasteiger partial charge in [0.25, 0.3) is 0 Å². The molecule has 1 amide bonds. The van der Waals surface area contributed by atoms with E-state index < -0.39 is 11.3 Å². The Balaban J connectivity index is 2.33. The fourth-order valence-electron chi connectivity index (χ4n) is 2.91. The molecule has 1 aliphatic rings. The molecule has 4 N–H and O–H groups in total. The van der Waals surface area contributed by atoms with E-state index in [1.807, 2.05) is 48.5 Å². The molecular formula is C17H16N2O2. The number of hydrogen-bond donors (Lipinski definition) is 2. The minimum Gasteiger partial charge on any atom is -0.457 e. The van der Waals surface area contributed by atoms with Crippen LogP contribution in [0.3, 0.4) is 0 Å². The molecule has 3 rings (SSSR count). The summed E-state index contributed by atoms with van der Waals surface area (Å²) in [6.45, 7) is 0. The van der Waals surface area contributed by atoms with E-state index in [-0.39, 0.29) is 0 Å². The van der Waals surface area contributed by atoms with Gasteiger partial charge in [0, 0.05) is 11.1 Å². The van der Waals surface area contributed by atoms with Crippen molar-refractivity contribution < 1.29 is 9.53 Å². The van der Waals surface area contributed by atoms with E-state index in [9.17, 15) is 4.79 Å². The number of rotatable bonds is 3. The van der Waals surface area contributed by atoms with Gasteiger partial charge in [0.1, 0.15) is 16.9 Å². The number of allylic oxidation sites excluding steroid dienone is 1. The normalized spacial score (nSPS) is 15.0. The minimum atomic E-state index is -0.957. The molecular weight excluding hydrogens is 264 g/mol. The predicted molar refractivity (Wildman–Crippen MR) is 80.9 cm³/mol. The molecule has 2 aromatic rings. The van der Waals surface area contributed by atoms with Crippen LogP contribution < -0.4 is 16.2 Å². The molecule has 0 bridgehead atoms. The molecule has 106 valence electrons. The Morgan fingerprint density at radius 1 is 1.05 bits per heavy atom. The van der Waals surface area contributed by atoms with Gasteiger partial charge in [-0.3, -0.25) is 4.79 Å². The van der Waals surface area contributed by atoms with Crippen molar-refractivity contribution in [2.75, 3.05) is 0 Å². The van der Waals surface area contributed by atoms with Crippen molar-refractivity contribution in [3.05, 3.63) is 71.9 Å². The van der Waals surface area contributed by atoms with Crippen LogP contribution in [0.2, 0.25) is 0 Å². The number of ether oxygens (including phenoxy) is 1. The predicted octanol–water partition coefficient (Wildman–Crippen LogP) is 2.43. The maximum Gasteiger partial charge on any atom is 0.233 e. The first-order valence-corrected chi connectivity index (χ1v) is 6.73. The highest BCUT2D eigenvalue weighted by Crippen LogP contribution is 2.49. The van der Waals surface area contributed by atoms with Crippen LogP contribution in [0.4, 0.5) is 0 Å². The van der Waals surface area contributed by atoms with Crippen molar-refractivity contribution in [3.63, 3.8) is 0 Å². The van der Waals surface area contributed by atoms with Crippen molar-refractivity contribution >= 4 is 5.91 Å². The van der Waals surface area contributed by atoms with E-state index in [1.54, 1.807) is 6.08 Å². The zero-order valence-electron chi connectivity index (χ0n) is 11.5. The molecule has 0 atom stereocenters. The standard InChI is InChI=1S/C17H16N2O2/c18-11-5-10-17(16(19)20)12-6-1-3-8-14(12)21-15-9-4-2-7-13(15)17/h1-9,11H,10,18H2,(H2,19,20). The topological polar surface area (TPSA) is 78.3 Å². The van der Waals surface area contributed by atoms with Gasteiger partial charge in [-0.05, 0) is 24.8 Å². The number of nitrogens with two attached hydrogens (primary N) is 2. The van der Waals surface area contributed by atoms with Gasteiger partial charge >= 0.3 is 0 Å². The lowest BCUT2D eigenvalue weighted by Crippen LogP contribution is -2.43. The molecule has 21 heavy (non-hydrogen) atoms. The van der Waals surface area contributed by atoms with Crippen molar-refractivity contribution in [1.29, 1.82) is 0 Å². The first-order valence-electron chi connectivity index (χ1n) is 6.73. The molecule has 0 unspecified atom stereocenters. The lowest BCUT2D eigenvalue weighted by Gasteiger charge is -2.37. The van der Waals surface area contributed by atoms with Crippen LogP contribution in [0.5, 0.6) is 11.5 Å². The largest absolute Gasteiger partial charge is 0.457 e. The zero-order valence-corrected chi connectivity index (χ0v) is 11.5. The number of carbonyl (C=O) groups excluding carboxylic acids is 1. The first-order chi connectivity index (χ1) is 10.2. The Kier molecular flexibility index (Phi) is 3.14. The molecule has 4 nitrogen and oxygen atoms in total. The number of fused-ring (bicyclic) bond motifs is 2. The maximum absolute atomic E-state index is 12.4. The van der Waals surface area contributed by atoms with Crippen LogP contribution in [-0.2, 0) is 10.2 Å². The molecule has 0 aliphatic carbocycles. The third-order valence-electron chi connectivity index (χ3n) is 3.89. The van der Waals surface area contributed by atoms with Crippen LogP contribution in [0.1, 0.15) is 17.5 Å². The minimum absolute atomic E-state index is 0.399. The summed E-state index contributed by atoms with van der Waals surface area (Å²) < 4.78 is 5.90. The van der Waals surface area contributed by atoms with E-state index >= 15 is 0 Å². The van der Waals surface area contributed by atoms with E-state index in [4.69, 9.17) is 16.2 Å². The van der Waals surface area contributed by atoms with Gasteiger partial charge < -0.3 is 16.2 Å². The summed E-state index contributed by atoms with van der Waals surface area (Å²) in [5.74, 6) is 0.893. The molecule has 2 aromatic carbocycles. The van der Waals surface area contributed by atoms with Gasteiger partial charge in [-0.15, -0.1) is 0 Å². The smallest absolute Gasteiger partial charge is 0.233 e. The van der Waals surface area contributed by atoms with Crippen LogP contribution in [0.15, 0.2) is 60.8 Å². The summed E-state index contributed by atoms with van der Waals surface area (Å²) in [6.07, 6.45) is 3.59. The van der Waals surface area contributed by atoms with Crippen molar-refractivity contribution in [2.24, 2.45) is 11.5 Å². The summed E-state index contributed by atoms with van der Waals surface area (Å²) >= 11 is 0. The summed E-state index contributed by atoms with van der Waals surface area (Å²) in [5, 5.41) is 0. The highest BCUT2D eigenvalue weighted by Gasteiger charge is 2.46. The van der Waals surface area contributed by atoms with Gasteiger partial charge in [0.2, 0.25) is 5.91 Å². The van der Waals surface area contributed by atoms with Gasteiger partial charge in [0.15, 0.2) is 0 Å². The molecule has 1 aliphatic heterocycles. The zero-order chi connectivity index (χ0) is 14.9. The molecule has 1 heterocycles. The van der Waals surface area contributed by atoms with E-state index in [2.05, 4.69) is 0 Å². The van der Waals surface area contributed by atoms with Crippen molar-refractivity contribution in [3.8, 4) is 11.5 Å². The summed E-state index contributed by atoms with van der Waals surface area (Å²) in [5.41, 5.74) is 11.9. The maximum atomic E-state index is 12.4. The number of primary amides is 1. The molecule has 0 aromatic heterocycles. The van der Waals surface area contributed by atoms with Crippen molar-refractivity contribution in [1.82, 2.24) is 0 Å². The van der Waals surface area contributed by atoms with Gasteiger partial charge in [-0.25, -0.2) is 0 Å². The lowest BCUT2D eigenvalue weighted by atomic mass is 9.69. The first kappa shape index (κ1) is 13.2. The average molecular weight is 280 g/mol. The Hall–Kier alpha value is -2.75. The second-order valence-electron chi connectivity index (χ2n) is 5.00. The number of benzene rings is 2. The SMILES string of the molecule is NC=CCC1(C(N)=O)c2ccccc2Oc2ccccc21. The highest BCUT2D eigenvalue weighted by molar-refractivity contribution is 5.93. The Labute approximate surface area is 123 Å². The molecule has 0 fully saturated rings. The van der Waals surface area contributed by atoms with Gasteiger partial charge in [0.05, 0.1) is 0 Å². The van der Waals surface area contributed by atoms with Crippen LogP contribution in [0.25, 0.3) is 0 Å². The molecule has 0 radical (unpaired) electrons. The third kappa shape index (κ3) is 1.88. The third-order valence-corrected chi connectivity index (χ3v) is 3.89. The number of para-hydroxylation sites is 2. The van der Waals surface area contributed by atoms with Crippen LogP contribution in [0, 0.1) is 0 Å². The Morgan fingerprint density at radius 3 is 2.05 bits per heavy atom. The molecule has 0 saturated carbocycles. The Bertz CT molecular complexity index is 677. The average Bonchev–Trinajstić information content (AvgIpc) is 2.51. The van der Waals surface area contributed by atoms with Crippen molar-refractivity contribution in [2.45, 2.75) is 11.8 Å². The van der Waals surface area contributed by atoms with E-state index in [1.165, 1.54) is 6.20 Å². The highest BCUT2D eigenvalue weighted by atomic mass is 16.5. The number of amides is 1. The van der Waals surface area contributed by atoms with Crippen LogP contribution in [-0.4, -0.2) is 5.91 Å². The van der Waals surface area contributed by atoms with Gasteiger partial charge in [-0.1, -0.05) is 42.5 Å². The monoisotopic (exact) mass is 280 g/mol. The Morgan fingerprint density at radius 2 is 1.57 bits per heavy atom. The fraction of sp³-hybridized carbons (Fsp3) is 0.118. The number of hydrogen-bond acceptors (Lipinski definition) is 3. The van der Waals surface area contributed by atoms with Crippen LogP contribution >= 0.6 is 0 Å². The summed E-state index contributed by atoms with van der Waals surface area (Å²) in [6, 6.07) is 14.9. The number of carbonyl (C=O) groups is 1. The second kappa shape index (κ2) is 4.98. The van der Waals surface area contributed by atoms with Gasteiger partial charge in [-0.2, -0.15) is 0 Å². The van der Waals surface area contributed by atoms with E-state index in [0.717, 1.165) is 11.1 Å². The summed E-state index contributed by atoms with van der Waals surface area (Å²) in [7, 11) is 0. The molecule has 0 spiro atoms.